The van der Waals surface area contributed by atoms with Gasteiger partial charge in [-0.15, -0.1) is 0 Å². The molecule has 1 heterocycles. The van der Waals surface area contributed by atoms with Crippen LogP contribution in [0.3, 0.4) is 0 Å². The summed E-state index contributed by atoms with van der Waals surface area (Å²) in [5.74, 6) is 0. The number of rotatable bonds is 2. The molecule has 1 saturated heterocycles. The summed E-state index contributed by atoms with van der Waals surface area (Å²) in [5.41, 5.74) is 1.33. The standard InChI is InChI=1S/C12H17N2/c1-13-11-7-9-14(10-8-11)12-5-3-2-4-6-12/h3-6,11,13H,7-10H2,1H3. The molecule has 1 N–H and O–H groups in total. The largest absolute Gasteiger partial charge is 0.371 e. The molecule has 14 heavy (non-hydrogen) atoms. The van der Waals surface area contributed by atoms with E-state index in [9.17, 15) is 0 Å². The van der Waals surface area contributed by atoms with Gasteiger partial charge in [-0.25, -0.2) is 0 Å². The molecule has 1 fully saturated rings. The maximum absolute atomic E-state index is 3.34. The van der Waals surface area contributed by atoms with Crippen LogP contribution in [-0.4, -0.2) is 26.2 Å². The van der Waals surface area contributed by atoms with Crippen LogP contribution in [0, 0.1) is 6.07 Å². The van der Waals surface area contributed by atoms with Crippen LogP contribution in [0.15, 0.2) is 24.3 Å². The number of benzene rings is 1. The Kier molecular flexibility index (Phi) is 3.04. The van der Waals surface area contributed by atoms with E-state index in [0.29, 0.717) is 6.04 Å². The third kappa shape index (κ3) is 2.07. The zero-order valence-corrected chi connectivity index (χ0v) is 8.66. The minimum Gasteiger partial charge on any atom is -0.371 e. The third-order valence-electron chi connectivity index (χ3n) is 2.97. The zero-order chi connectivity index (χ0) is 9.80. The molecule has 0 aromatic heterocycles. The molecule has 2 nitrogen and oxygen atoms in total. The molecule has 0 spiro atoms. The van der Waals surface area contributed by atoms with E-state index in [1.54, 1.807) is 0 Å². The molecule has 75 valence electrons. The quantitative estimate of drug-likeness (QED) is 0.761. The van der Waals surface area contributed by atoms with Crippen molar-refractivity contribution < 1.29 is 0 Å². The minimum absolute atomic E-state index is 0.710. The van der Waals surface area contributed by atoms with Crippen molar-refractivity contribution in [3.05, 3.63) is 30.3 Å². The summed E-state index contributed by atoms with van der Waals surface area (Å²) in [6.45, 7) is 2.32. The van der Waals surface area contributed by atoms with Crippen LogP contribution in [0.1, 0.15) is 12.8 Å². The lowest BCUT2D eigenvalue weighted by Crippen LogP contribution is -2.41. The van der Waals surface area contributed by atoms with Gasteiger partial charge in [-0.05, 0) is 38.1 Å². The lowest BCUT2D eigenvalue weighted by atomic mass is 10.0. The average molecular weight is 189 g/mol. The maximum atomic E-state index is 3.34. The van der Waals surface area contributed by atoms with Crippen molar-refractivity contribution in [2.24, 2.45) is 0 Å². The fourth-order valence-corrected chi connectivity index (χ4v) is 2.02. The predicted molar refractivity (Wildman–Crippen MR) is 59.6 cm³/mol. The van der Waals surface area contributed by atoms with E-state index in [1.807, 2.05) is 12.1 Å². The van der Waals surface area contributed by atoms with Crippen molar-refractivity contribution in [2.45, 2.75) is 18.9 Å². The Morgan fingerprint density at radius 2 is 1.93 bits per heavy atom. The van der Waals surface area contributed by atoms with Crippen molar-refractivity contribution in [3.63, 3.8) is 0 Å². The minimum atomic E-state index is 0.710. The molecule has 0 unspecified atom stereocenters. The Morgan fingerprint density at radius 1 is 1.29 bits per heavy atom. The highest BCUT2D eigenvalue weighted by Crippen LogP contribution is 2.18. The average Bonchev–Trinajstić information content (AvgIpc) is 2.30. The number of piperidine rings is 1. The van der Waals surface area contributed by atoms with Gasteiger partial charge in [0.25, 0.3) is 0 Å². The first-order valence-electron chi connectivity index (χ1n) is 5.28. The molecule has 1 aliphatic rings. The molecule has 0 amide bonds. The van der Waals surface area contributed by atoms with E-state index >= 15 is 0 Å². The Hall–Kier alpha value is -1.02. The van der Waals surface area contributed by atoms with Gasteiger partial charge in [0.15, 0.2) is 0 Å². The van der Waals surface area contributed by atoms with Crippen LogP contribution < -0.4 is 10.2 Å². The van der Waals surface area contributed by atoms with E-state index in [1.165, 1.54) is 18.5 Å². The second kappa shape index (κ2) is 4.47. The summed E-state index contributed by atoms with van der Waals surface area (Å²) in [5, 5.41) is 3.34. The molecule has 1 aromatic carbocycles. The lowest BCUT2D eigenvalue weighted by Gasteiger charge is -2.33. The van der Waals surface area contributed by atoms with Crippen LogP contribution >= 0.6 is 0 Å². The normalized spacial score (nSPS) is 18.5. The van der Waals surface area contributed by atoms with Gasteiger partial charge < -0.3 is 10.2 Å². The Morgan fingerprint density at radius 3 is 2.50 bits per heavy atom. The van der Waals surface area contributed by atoms with Gasteiger partial charge in [0, 0.05) is 24.8 Å². The third-order valence-corrected chi connectivity index (χ3v) is 2.97. The number of nitrogens with one attached hydrogen (secondary N) is 1. The van der Waals surface area contributed by atoms with E-state index in [0.717, 1.165) is 13.1 Å². The molecule has 2 rings (SSSR count). The second-order valence-electron chi connectivity index (χ2n) is 3.81. The van der Waals surface area contributed by atoms with Gasteiger partial charge in [-0.1, -0.05) is 12.1 Å². The molecule has 1 aliphatic heterocycles. The monoisotopic (exact) mass is 189 g/mol. The van der Waals surface area contributed by atoms with E-state index in [2.05, 4.69) is 35.5 Å². The van der Waals surface area contributed by atoms with Gasteiger partial charge in [0.2, 0.25) is 0 Å². The second-order valence-corrected chi connectivity index (χ2v) is 3.81. The molecule has 0 saturated carbocycles. The van der Waals surface area contributed by atoms with Crippen LogP contribution in [0.25, 0.3) is 0 Å². The van der Waals surface area contributed by atoms with E-state index < -0.39 is 0 Å². The molecule has 1 aromatic rings. The van der Waals surface area contributed by atoms with Gasteiger partial charge >= 0.3 is 0 Å². The van der Waals surface area contributed by atoms with Crippen molar-refractivity contribution >= 4 is 5.69 Å². The molecular formula is C12H17N2. The van der Waals surface area contributed by atoms with E-state index in [-0.39, 0.29) is 0 Å². The first kappa shape index (κ1) is 9.53. The summed E-state index contributed by atoms with van der Waals surface area (Å²) in [4.78, 5) is 2.45. The lowest BCUT2D eigenvalue weighted by molar-refractivity contribution is 0.442. The van der Waals surface area contributed by atoms with Crippen molar-refractivity contribution in [1.82, 2.24) is 5.32 Å². The van der Waals surface area contributed by atoms with Gasteiger partial charge in [-0.3, -0.25) is 0 Å². The predicted octanol–water partition coefficient (Wildman–Crippen LogP) is 1.67. The number of nitrogens with zero attached hydrogens (tertiary/aromatic N) is 1. The molecule has 0 aliphatic carbocycles. The SMILES string of the molecule is CNC1CCN(c2cc[c]cc2)CC1. The highest BCUT2D eigenvalue weighted by molar-refractivity contribution is 5.46. The summed E-state index contributed by atoms with van der Waals surface area (Å²) in [7, 11) is 2.05. The van der Waals surface area contributed by atoms with Crippen molar-refractivity contribution in [3.8, 4) is 0 Å². The van der Waals surface area contributed by atoms with Crippen LogP contribution in [0.4, 0.5) is 5.69 Å². The first-order valence-corrected chi connectivity index (χ1v) is 5.28. The number of hydrogen-bond donors (Lipinski definition) is 1. The number of anilines is 1. The summed E-state index contributed by atoms with van der Waals surface area (Å²) in [6.07, 6.45) is 2.49. The highest BCUT2D eigenvalue weighted by Gasteiger charge is 2.17. The molecular weight excluding hydrogens is 172 g/mol. The van der Waals surface area contributed by atoms with E-state index in [4.69, 9.17) is 0 Å². The highest BCUT2D eigenvalue weighted by atomic mass is 15.1. The van der Waals surface area contributed by atoms with Gasteiger partial charge in [0.1, 0.15) is 0 Å². The molecule has 0 bridgehead atoms. The first-order chi connectivity index (χ1) is 6.90. The van der Waals surface area contributed by atoms with Crippen molar-refractivity contribution in [1.29, 1.82) is 0 Å². The number of hydrogen-bond acceptors (Lipinski definition) is 2. The topological polar surface area (TPSA) is 15.3 Å². The Balaban J connectivity index is 1.96. The summed E-state index contributed by atoms with van der Waals surface area (Å²) < 4.78 is 0. The molecule has 0 atom stereocenters. The fraction of sp³-hybridized carbons (Fsp3) is 0.500. The van der Waals surface area contributed by atoms with Crippen LogP contribution in [0.5, 0.6) is 0 Å². The van der Waals surface area contributed by atoms with Crippen LogP contribution in [0.2, 0.25) is 0 Å². The zero-order valence-electron chi connectivity index (χ0n) is 8.66. The Bertz CT molecular complexity index is 263. The smallest absolute Gasteiger partial charge is 0.0366 e. The summed E-state index contributed by atoms with van der Waals surface area (Å²) >= 11 is 0. The van der Waals surface area contributed by atoms with Gasteiger partial charge in [0.05, 0.1) is 0 Å². The molecule has 1 radical (unpaired) electrons. The van der Waals surface area contributed by atoms with Crippen LogP contribution in [-0.2, 0) is 0 Å². The van der Waals surface area contributed by atoms with Crippen molar-refractivity contribution in [2.75, 3.05) is 25.0 Å². The van der Waals surface area contributed by atoms with Gasteiger partial charge in [-0.2, -0.15) is 0 Å². The Labute approximate surface area is 85.9 Å². The molecule has 2 heteroatoms. The fourth-order valence-electron chi connectivity index (χ4n) is 2.02. The summed E-state index contributed by atoms with van der Waals surface area (Å²) in [6, 6.07) is 12.0. The maximum Gasteiger partial charge on any atom is 0.0366 e.